The van der Waals surface area contributed by atoms with Crippen LogP contribution in [0.3, 0.4) is 0 Å². The van der Waals surface area contributed by atoms with Gasteiger partial charge in [0, 0.05) is 27.5 Å². The fraction of sp³-hybridized carbons (Fsp3) is 0.381. The second kappa shape index (κ2) is 8.92. The molecule has 0 saturated heterocycles. The van der Waals surface area contributed by atoms with Gasteiger partial charge in [0.25, 0.3) is 0 Å². The van der Waals surface area contributed by atoms with E-state index in [9.17, 15) is 4.79 Å². The zero-order valence-electron chi connectivity index (χ0n) is 16.9. The molecule has 0 unspecified atom stereocenters. The van der Waals surface area contributed by atoms with Crippen molar-refractivity contribution in [3.8, 4) is 11.4 Å². The smallest absolute Gasteiger partial charge is 0.234 e. The zero-order valence-corrected chi connectivity index (χ0v) is 18.6. The first-order valence-corrected chi connectivity index (χ1v) is 11.3. The van der Waals surface area contributed by atoms with Crippen LogP contribution in [-0.4, -0.2) is 26.4 Å². The van der Waals surface area contributed by atoms with Gasteiger partial charge >= 0.3 is 0 Å². The van der Waals surface area contributed by atoms with Gasteiger partial charge in [-0.05, 0) is 51.3 Å². The third-order valence-electron chi connectivity index (χ3n) is 4.63. The number of para-hydroxylation sites is 1. The normalized spacial score (nSPS) is 11.2. The second-order valence-corrected chi connectivity index (χ2v) is 8.99. The highest BCUT2D eigenvalue weighted by molar-refractivity contribution is 7.99. The third kappa shape index (κ3) is 4.31. The summed E-state index contributed by atoms with van der Waals surface area (Å²) in [6.45, 7) is 10.5. The van der Waals surface area contributed by atoms with Gasteiger partial charge in [0.05, 0.1) is 5.75 Å². The number of aryl methyl sites for hydroxylation is 2. The number of carbonyl (C=O) groups excluding carboxylic acids is 1. The van der Waals surface area contributed by atoms with Gasteiger partial charge in [-0.25, -0.2) is 0 Å². The lowest BCUT2D eigenvalue weighted by Gasteiger charge is -2.14. The maximum atomic E-state index is 12.4. The van der Waals surface area contributed by atoms with Crippen LogP contribution in [0.15, 0.2) is 34.8 Å². The Hall–Kier alpha value is -2.12. The molecule has 0 aliphatic rings. The second-order valence-electron chi connectivity index (χ2n) is 6.96. The Morgan fingerprint density at radius 3 is 2.68 bits per heavy atom. The molecule has 148 valence electrons. The van der Waals surface area contributed by atoms with Crippen molar-refractivity contribution in [2.24, 2.45) is 0 Å². The first-order chi connectivity index (χ1) is 13.4. The minimum atomic E-state index is -0.0419. The number of thioether (sulfide) groups is 1. The summed E-state index contributed by atoms with van der Waals surface area (Å²) >= 11 is 3.17. The number of amides is 1. The van der Waals surface area contributed by atoms with E-state index in [1.54, 1.807) is 11.3 Å². The number of anilines is 1. The number of carbonyl (C=O) groups is 1. The summed E-state index contributed by atoms with van der Waals surface area (Å²) in [5, 5.41) is 14.8. The van der Waals surface area contributed by atoms with Gasteiger partial charge in [-0.2, -0.15) is 0 Å². The Morgan fingerprint density at radius 2 is 2.00 bits per heavy atom. The van der Waals surface area contributed by atoms with Crippen LogP contribution in [0.2, 0.25) is 0 Å². The first kappa shape index (κ1) is 20.6. The van der Waals surface area contributed by atoms with Crippen LogP contribution in [0.25, 0.3) is 11.4 Å². The SMILES string of the molecule is CCc1c(-c2nnc(SCC(=O)Nc3ccccc3C)n2C(C)C)csc1C. The number of nitrogens with zero attached hydrogens (tertiary/aromatic N) is 3. The number of hydrogen-bond acceptors (Lipinski definition) is 5. The topological polar surface area (TPSA) is 59.8 Å². The highest BCUT2D eigenvalue weighted by atomic mass is 32.2. The number of aromatic nitrogens is 3. The fourth-order valence-corrected chi connectivity index (χ4v) is 4.97. The molecular formula is C21H26N4OS2. The predicted molar refractivity (Wildman–Crippen MR) is 118 cm³/mol. The van der Waals surface area contributed by atoms with Gasteiger partial charge in [-0.3, -0.25) is 9.36 Å². The minimum absolute atomic E-state index is 0.0419. The Kier molecular flexibility index (Phi) is 6.57. The first-order valence-electron chi connectivity index (χ1n) is 9.42. The molecule has 1 N–H and O–H groups in total. The largest absolute Gasteiger partial charge is 0.325 e. The van der Waals surface area contributed by atoms with Crippen molar-refractivity contribution >= 4 is 34.7 Å². The van der Waals surface area contributed by atoms with E-state index in [0.717, 1.165) is 34.2 Å². The molecule has 0 saturated carbocycles. The number of hydrogen-bond donors (Lipinski definition) is 1. The Bertz CT molecular complexity index is 975. The van der Waals surface area contributed by atoms with Crippen LogP contribution in [0, 0.1) is 13.8 Å². The van der Waals surface area contributed by atoms with Crippen LogP contribution >= 0.6 is 23.1 Å². The molecule has 0 aliphatic heterocycles. The van der Waals surface area contributed by atoms with Crippen molar-refractivity contribution in [1.29, 1.82) is 0 Å². The minimum Gasteiger partial charge on any atom is -0.325 e. The highest BCUT2D eigenvalue weighted by Gasteiger charge is 2.21. The summed E-state index contributed by atoms with van der Waals surface area (Å²) in [5.41, 5.74) is 4.38. The number of nitrogens with one attached hydrogen (secondary N) is 1. The lowest BCUT2D eigenvalue weighted by atomic mass is 10.1. The molecule has 5 nitrogen and oxygen atoms in total. The molecule has 0 radical (unpaired) electrons. The van der Waals surface area contributed by atoms with E-state index in [4.69, 9.17) is 0 Å². The zero-order chi connectivity index (χ0) is 20.3. The van der Waals surface area contributed by atoms with E-state index in [-0.39, 0.29) is 11.9 Å². The summed E-state index contributed by atoms with van der Waals surface area (Å²) in [6.07, 6.45) is 0.969. The van der Waals surface area contributed by atoms with Crippen molar-refractivity contribution in [2.45, 2.75) is 52.2 Å². The molecule has 28 heavy (non-hydrogen) atoms. The molecule has 2 aromatic heterocycles. The van der Waals surface area contributed by atoms with E-state index < -0.39 is 0 Å². The summed E-state index contributed by atoms with van der Waals surface area (Å²) in [5.74, 6) is 1.14. The summed E-state index contributed by atoms with van der Waals surface area (Å²) in [6, 6.07) is 7.99. The molecule has 1 aromatic carbocycles. The fourth-order valence-electron chi connectivity index (χ4n) is 3.16. The van der Waals surface area contributed by atoms with Gasteiger partial charge < -0.3 is 5.32 Å². The molecule has 0 spiro atoms. The van der Waals surface area contributed by atoms with Crippen LogP contribution in [-0.2, 0) is 11.2 Å². The Labute approximate surface area is 174 Å². The van der Waals surface area contributed by atoms with E-state index >= 15 is 0 Å². The maximum absolute atomic E-state index is 12.4. The van der Waals surface area contributed by atoms with E-state index in [0.29, 0.717) is 5.75 Å². The highest BCUT2D eigenvalue weighted by Crippen LogP contribution is 2.34. The van der Waals surface area contributed by atoms with Gasteiger partial charge in [-0.15, -0.1) is 21.5 Å². The molecule has 1 amide bonds. The number of thiophene rings is 1. The quantitative estimate of drug-likeness (QED) is 0.519. The van der Waals surface area contributed by atoms with Gasteiger partial charge in [0.2, 0.25) is 5.91 Å². The molecular weight excluding hydrogens is 388 g/mol. The lowest BCUT2D eigenvalue weighted by Crippen LogP contribution is -2.15. The van der Waals surface area contributed by atoms with Crippen molar-refractivity contribution < 1.29 is 4.79 Å². The van der Waals surface area contributed by atoms with Crippen molar-refractivity contribution in [2.75, 3.05) is 11.1 Å². The molecule has 0 aliphatic carbocycles. The van der Waals surface area contributed by atoms with Gasteiger partial charge in [0.1, 0.15) is 0 Å². The van der Waals surface area contributed by atoms with Crippen molar-refractivity contribution in [1.82, 2.24) is 14.8 Å². The van der Waals surface area contributed by atoms with Crippen molar-refractivity contribution in [3.05, 3.63) is 45.6 Å². The molecule has 7 heteroatoms. The number of benzene rings is 1. The summed E-state index contributed by atoms with van der Waals surface area (Å²) in [7, 11) is 0. The Morgan fingerprint density at radius 1 is 1.25 bits per heavy atom. The lowest BCUT2D eigenvalue weighted by molar-refractivity contribution is -0.113. The summed E-state index contributed by atoms with van der Waals surface area (Å²) < 4.78 is 2.13. The van der Waals surface area contributed by atoms with Gasteiger partial charge in [0.15, 0.2) is 11.0 Å². The third-order valence-corrected chi connectivity index (χ3v) is 6.53. The van der Waals surface area contributed by atoms with Crippen LogP contribution in [0.1, 0.15) is 42.8 Å². The molecule has 3 rings (SSSR count). The van der Waals surface area contributed by atoms with Crippen LogP contribution in [0.5, 0.6) is 0 Å². The standard InChI is InChI=1S/C21H26N4OS2/c1-6-16-15(5)27-11-17(16)20-23-24-21(25(20)13(2)3)28-12-19(26)22-18-10-8-7-9-14(18)4/h7-11,13H,6,12H2,1-5H3,(H,22,26). The van der Waals surface area contributed by atoms with E-state index in [2.05, 4.69) is 53.2 Å². The monoisotopic (exact) mass is 414 g/mol. The average Bonchev–Trinajstić information content (AvgIpc) is 3.24. The average molecular weight is 415 g/mol. The molecule has 0 atom stereocenters. The number of rotatable bonds is 7. The molecule has 2 heterocycles. The van der Waals surface area contributed by atoms with E-state index in [1.165, 1.54) is 22.2 Å². The molecule has 0 fully saturated rings. The Balaban J connectivity index is 1.78. The maximum Gasteiger partial charge on any atom is 0.234 e. The summed E-state index contributed by atoms with van der Waals surface area (Å²) in [4.78, 5) is 13.7. The van der Waals surface area contributed by atoms with Gasteiger partial charge in [-0.1, -0.05) is 36.9 Å². The van der Waals surface area contributed by atoms with E-state index in [1.807, 2.05) is 31.2 Å². The van der Waals surface area contributed by atoms with Crippen LogP contribution < -0.4 is 5.32 Å². The van der Waals surface area contributed by atoms with Crippen molar-refractivity contribution in [3.63, 3.8) is 0 Å². The molecule has 3 aromatic rings. The predicted octanol–water partition coefficient (Wildman–Crippen LogP) is 5.50. The molecule has 0 bridgehead atoms. The van der Waals surface area contributed by atoms with Crippen LogP contribution in [0.4, 0.5) is 5.69 Å².